The van der Waals surface area contributed by atoms with Crippen LogP contribution in [0.15, 0.2) is 18.2 Å². The summed E-state index contributed by atoms with van der Waals surface area (Å²) in [5.41, 5.74) is 3.13. The van der Waals surface area contributed by atoms with Gasteiger partial charge < -0.3 is 4.74 Å². The van der Waals surface area contributed by atoms with E-state index in [2.05, 4.69) is 19.3 Å². The Labute approximate surface area is 124 Å². The van der Waals surface area contributed by atoms with E-state index < -0.39 is 17.2 Å². The number of hydrogen-bond acceptors (Lipinski definition) is 3. The summed E-state index contributed by atoms with van der Waals surface area (Å²) >= 11 is 0. The van der Waals surface area contributed by atoms with Crippen molar-refractivity contribution >= 4 is 0 Å². The van der Waals surface area contributed by atoms with Crippen molar-refractivity contribution in [2.24, 2.45) is 11.3 Å². The Morgan fingerprint density at radius 3 is 2.24 bits per heavy atom. The average molecular weight is 298 g/mol. The molecule has 0 heterocycles. The molecule has 1 aliphatic carbocycles. The zero-order valence-corrected chi connectivity index (χ0v) is 12.9. The van der Waals surface area contributed by atoms with Gasteiger partial charge in [0.25, 0.3) is 0 Å². The fourth-order valence-electron chi connectivity index (χ4n) is 3.20. The molecule has 5 heteroatoms. The Bertz CT molecular complexity index is 495. The van der Waals surface area contributed by atoms with Crippen molar-refractivity contribution in [3.63, 3.8) is 0 Å². The first-order valence-electron chi connectivity index (χ1n) is 7.30. The third kappa shape index (κ3) is 3.25. The molecule has 3 nitrogen and oxygen atoms in total. The zero-order valence-electron chi connectivity index (χ0n) is 12.9. The molecule has 0 saturated heterocycles. The summed E-state index contributed by atoms with van der Waals surface area (Å²) in [6.07, 6.45) is 3.65. The van der Waals surface area contributed by atoms with E-state index in [1.54, 1.807) is 13.2 Å². The highest BCUT2D eigenvalue weighted by molar-refractivity contribution is 5.24. The number of ether oxygens (including phenoxy) is 1. The van der Waals surface area contributed by atoms with Gasteiger partial charge in [0.1, 0.15) is 0 Å². The molecule has 1 fully saturated rings. The maximum atomic E-state index is 13.5. The lowest BCUT2D eigenvalue weighted by atomic mass is 9.67. The predicted octanol–water partition coefficient (Wildman–Crippen LogP) is 3.45. The summed E-state index contributed by atoms with van der Waals surface area (Å²) in [5, 5.41) is 0. The molecular formula is C16H24F2N2O. The van der Waals surface area contributed by atoms with Gasteiger partial charge in [0, 0.05) is 7.11 Å². The topological polar surface area (TPSA) is 47.3 Å². The molecule has 1 unspecified atom stereocenters. The molecule has 1 aromatic rings. The van der Waals surface area contributed by atoms with Gasteiger partial charge in [-0.05, 0) is 48.8 Å². The first-order chi connectivity index (χ1) is 9.83. The van der Waals surface area contributed by atoms with Crippen LogP contribution < -0.4 is 11.3 Å². The van der Waals surface area contributed by atoms with Gasteiger partial charge in [-0.3, -0.25) is 11.3 Å². The Morgan fingerprint density at radius 2 is 1.76 bits per heavy atom. The minimum atomic E-state index is -0.866. The fraction of sp³-hybridized carbons (Fsp3) is 0.625. The van der Waals surface area contributed by atoms with Gasteiger partial charge >= 0.3 is 0 Å². The van der Waals surface area contributed by atoms with Crippen LogP contribution in [0.25, 0.3) is 0 Å². The fourth-order valence-corrected chi connectivity index (χ4v) is 3.20. The van der Waals surface area contributed by atoms with E-state index in [1.807, 2.05) is 0 Å². The lowest BCUT2D eigenvalue weighted by Crippen LogP contribution is -2.51. The maximum absolute atomic E-state index is 13.5. The number of benzene rings is 1. The molecule has 0 spiro atoms. The highest BCUT2D eigenvalue weighted by Gasteiger charge is 2.44. The van der Waals surface area contributed by atoms with Gasteiger partial charge in [-0.1, -0.05) is 19.9 Å². The normalized spacial score (nSPS) is 22.0. The van der Waals surface area contributed by atoms with Crippen molar-refractivity contribution in [1.82, 2.24) is 5.43 Å². The summed E-state index contributed by atoms with van der Waals surface area (Å²) in [5.74, 6) is 3.98. The molecule has 118 valence electrons. The van der Waals surface area contributed by atoms with Crippen LogP contribution in [0.2, 0.25) is 0 Å². The van der Waals surface area contributed by atoms with Crippen molar-refractivity contribution in [2.45, 2.75) is 51.2 Å². The van der Waals surface area contributed by atoms with Gasteiger partial charge in [0.05, 0.1) is 11.6 Å². The first kappa shape index (κ1) is 16.3. The highest BCUT2D eigenvalue weighted by atomic mass is 19.2. The molecule has 3 N–H and O–H groups in total. The average Bonchev–Trinajstić information content (AvgIpc) is 2.45. The second-order valence-corrected chi connectivity index (χ2v) is 6.71. The van der Waals surface area contributed by atoms with Crippen molar-refractivity contribution in [3.05, 3.63) is 35.4 Å². The molecule has 1 aromatic carbocycles. The van der Waals surface area contributed by atoms with Crippen LogP contribution in [0.4, 0.5) is 8.78 Å². The quantitative estimate of drug-likeness (QED) is 0.661. The van der Waals surface area contributed by atoms with Gasteiger partial charge in [-0.15, -0.1) is 0 Å². The maximum Gasteiger partial charge on any atom is 0.159 e. The molecule has 1 aliphatic rings. The second-order valence-electron chi connectivity index (χ2n) is 6.71. The van der Waals surface area contributed by atoms with E-state index >= 15 is 0 Å². The van der Waals surface area contributed by atoms with E-state index in [-0.39, 0.29) is 11.5 Å². The van der Waals surface area contributed by atoms with Crippen LogP contribution in [0, 0.1) is 17.0 Å². The van der Waals surface area contributed by atoms with Crippen LogP contribution in [0.5, 0.6) is 0 Å². The minimum Gasteiger partial charge on any atom is -0.376 e. The number of nitrogens with one attached hydrogen (secondary N) is 1. The molecule has 0 amide bonds. The number of halogens is 2. The molecule has 1 saturated carbocycles. The standard InChI is InChI=1S/C16H24F2N2O/c1-15(2)6-8-16(21-3,9-7-15)14(20-19)11-4-5-12(17)13(18)10-11/h4-5,10,14,20H,6-9,19H2,1-3H3. The summed E-state index contributed by atoms with van der Waals surface area (Å²) in [6.45, 7) is 4.46. The number of rotatable bonds is 4. The highest BCUT2D eigenvalue weighted by Crippen LogP contribution is 2.47. The summed E-state index contributed by atoms with van der Waals surface area (Å²) in [7, 11) is 1.66. The van der Waals surface area contributed by atoms with Crippen molar-refractivity contribution in [2.75, 3.05) is 7.11 Å². The summed E-state index contributed by atoms with van der Waals surface area (Å²) < 4.78 is 32.4. The Morgan fingerprint density at radius 1 is 1.14 bits per heavy atom. The smallest absolute Gasteiger partial charge is 0.159 e. The minimum absolute atomic E-state index is 0.273. The number of nitrogens with two attached hydrogens (primary N) is 1. The van der Waals surface area contributed by atoms with E-state index in [0.717, 1.165) is 31.7 Å². The predicted molar refractivity (Wildman–Crippen MR) is 78.4 cm³/mol. The molecule has 0 bridgehead atoms. The first-order valence-corrected chi connectivity index (χ1v) is 7.30. The van der Waals surface area contributed by atoms with Gasteiger partial charge in [0.2, 0.25) is 0 Å². The summed E-state index contributed by atoms with van der Waals surface area (Å²) in [6, 6.07) is 3.52. The van der Waals surface area contributed by atoms with Crippen LogP contribution in [0.1, 0.15) is 51.1 Å². The number of hydrazine groups is 1. The van der Waals surface area contributed by atoms with Crippen molar-refractivity contribution < 1.29 is 13.5 Å². The molecule has 0 aromatic heterocycles. The molecular weight excluding hydrogens is 274 g/mol. The van der Waals surface area contributed by atoms with Gasteiger partial charge in [-0.25, -0.2) is 8.78 Å². The van der Waals surface area contributed by atoms with Crippen LogP contribution in [-0.2, 0) is 4.74 Å². The lowest BCUT2D eigenvalue weighted by molar-refractivity contribution is -0.0877. The van der Waals surface area contributed by atoms with Crippen LogP contribution in [-0.4, -0.2) is 12.7 Å². The Hall–Kier alpha value is -1.04. The van der Waals surface area contributed by atoms with Crippen molar-refractivity contribution in [3.8, 4) is 0 Å². The monoisotopic (exact) mass is 298 g/mol. The zero-order chi connectivity index (χ0) is 15.7. The van der Waals surface area contributed by atoms with E-state index in [9.17, 15) is 8.78 Å². The second kappa shape index (κ2) is 5.99. The largest absolute Gasteiger partial charge is 0.376 e. The summed E-state index contributed by atoms with van der Waals surface area (Å²) in [4.78, 5) is 0. The SMILES string of the molecule is COC1(C(NN)c2ccc(F)c(F)c2)CCC(C)(C)CC1. The Balaban J connectivity index is 2.31. The Kier molecular flexibility index (Phi) is 4.66. The number of methoxy groups -OCH3 is 1. The van der Waals surface area contributed by atoms with Gasteiger partial charge in [0.15, 0.2) is 11.6 Å². The lowest BCUT2D eigenvalue weighted by Gasteiger charge is -2.47. The van der Waals surface area contributed by atoms with Crippen LogP contribution >= 0.6 is 0 Å². The van der Waals surface area contributed by atoms with E-state index in [1.165, 1.54) is 6.07 Å². The number of hydrogen-bond donors (Lipinski definition) is 2. The van der Waals surface area contributed by atoms with E-state index in [0.29, 0.717) is 5.56 Å². The third-order valence-electron chi connectivity index (χ3n) is 4.83. The van der Waals surface area contributed by atoms with Gasteiger partial charge in [-0.2, -0.15) is 0 Å². The molecule has 21 heavy (non-hydrogen) atoms. The molecule has 2 rings (SSSR count). The van der Waals surface area contributed by atoms with Crippen LogP contribution in [0.3, 0.4) is 0 Å². The third-order valence-corrected chi connectivity index (χ3v) is 4.83. The molecule has 0 radical (unpaired) electrons. The van der Waals surface area contributed by atoms with Crippen molar-refractivity contribution in [1.29, 1.82) is 0 Å². The molecule has 0 aliphatic heterocycles. The molecule has 1 atom stereocenters. The van der Waals surface area contributed by atoms with E-state index in [4.69, 9.17) is 10.6 Å².